The highest BCUT2D eigenvalue weighted by Gasteiger charge is 2.21. The van der Waals surface area contributed by atoms with E-state index in [4.69, 9.17) is 5.73 Å². The SMILES string of the molecule is Cl.NC1CCCN(C(=O)Nc2ccc(-c3ccccc3)cc2)C1. The summed E-state index contributed by atoms with van der Waals surface area (Å²) in [5.41, 5.74) is 9.03. The number of benzene rings is 2. The predicted octanol–water partition coefficient (Wildman–Crippen LogP) is 3.73. The number of anilines is 1. The number of rotatable bonds is 2. The smallest absolute Gasteiger partial charge is 0.321 e. The molecule has 3 N–H and O–H groups in total. The van der Waals surface area contributed by atoms with E-state index in [9.17, 15) is 4.79 Å². The Hall–Kier alpha value is -2.04. The van der Waals surface area contributed by atoms with E-state index in [-0.39, 0.29) is 24.5 Å². The molecule has 1 atom stereocenters. The fourth-order valence-electron chi connectivity index (χ4n) is 2.77. The number of likely N-dealkylation sites (tertiary alicyclic amines) is 1. The van der Waals surface area contributed by atoms with Crippen LogP contribution in [0, 0.1) is 0 Å². The number of nitrogens with one attached hydrogen (secondary N) is 1. The largest absolute Gasteiger partial charge is 0.326 e. The molecule has 1 saturated heterocycles. The van der Waals surface area contributed by atoms with Crippen LogP contribution in [0.15, 0.2) is 54.6 Å². The Kier molecular flexibility index (Phi) is 6.02. The van der Waals surface area contributed by atoms with Gasteiger partial charge in [-0.05, 0) is 36.1 Å². The number of carbonyl (C=O) groups excluding carboxylic acids is 1. The van der Waals surface area contributed by atoms with Gasteiger partial charge in [0.25, 0.3) is 0 Å². The maximum absolute atomic E-state index is 12.2. The van der Waals surface area contributed by atoms with Gasteiger partial charge >= 0.3 is 6.03 Å². The van der Waals surface area contributed by atoms with Crippen molar-refractivity contribution in [3.05, 3.63) is 54.6 Å². The summed E-state index contributed by atoms with van der Waals surface area (Å²) in [5, 5.41) is 2.94. The fraction of sp³-hybridized carbons (Fsp3) is 0.278. The molecule has 23 heavy (non-hydrogen) atoms. The summed E-state index contributed by atoms with van der Waals surface area (Å²) < 4.78 is 0. The van der Waals surface area contributed by atoms with Crippen molar-refractivity contribution >= 4 is 24.1 Å². The van der Waals surface area contributed by atoms with E-state index >= 15 is 0 Å². The molecule has 3 rings (SSSR count). The number of hydrogen-bond acceptors (Lipinski definition) is 2. The molecule has 0 aromatic heterocycles. The summed E-state index contributed by atoms with van der Waals surface area (Å²) in [6.45, 7) is 1.41. The third-order valence-corrected chi connectivity index (χ3v) is 3.99. The summed E-state index contributed by atoms with van der Waals surface area (Å²) in [6, 6.07) is 18.1. The molecule has 0 saturated carbocycles. The monoisotopic (exact) mass is 331 g/mol. The number of halogens is 1. The number of carbonyl (C=O) groups is 1. The lowest BCUT2D eigenvalue weighted by atomic mass is 10.1. The lowest BCUT2D eigenvalue weighted by Gasteiger charge is -2.30. The van der Waals surface area contributed by atoms with Gasteiger partial charge in [-0.15, -0.1) is 12.4 Å². The van der Waals surface area contributed by atoms with Crippen LogP contribution in [0.2, 0.25) is 0 Å². The number of nitrogens with two attached hydrogens (primary N) is 1. The van der Waals surface area contributed by atoms with E-state index in [0.29, 0.717) is 6.54 Å². The van der Waals surface area contributed by atoms with Crippen molar-refractivity contribution in [2.45, 2.75) is 18.9 Å². The van der Waals surface area contributed by atoms with E-state index in [0.717, 1.165) is 30.6 Å². The second-order valence-corrected chi connectivity index (χ2v) is 5.72. The zero-order valence-corrected chi connectivity index (χ0v) is 13.8. The van der Waals surface area contributed by atoms with E-state index < -0.39 is 0 Å². The lowest BCUT2D eigenvalue weighted by Crippen LogP contribution is -2.47. The first-order chi connectivity index (χ1) is 10.7. The van der Waals surface area contributed by atoms with Crippen LogP contribution in [0.5, 0.6) is 0 Å². The van der Waals surface area contributed by atoms with E-state index in [1.54, 1.807) is 4.90 Å². The summed E-state index contributed by atoms with van der Waals surface area (Å²) in [4.78, 5) is 14.0. The van der Waals surface area contributed by atoms with E-state index in [2.05, 4.69) is 17.4 Å². The maximum Gasteiger partial charge on any atom is 0.321 e. The molecule has 2 aromatic rings. The summed E-state index contributed by atoms with van der Waals surface area (Å²) in [5.74, 6) is 0. The van der Waals surface area contributed by atoms with Crippen molar-refractivity contribution in [1.82, 2.24) is 4.90 Å². The highest BCUT2D eigenvalue weighted by Crippen LogP contribution is 2.21. The van der Waals surface area contributed by atoms with Crippen LogP contribution in [0.1, 0.15) is 12.8 Å². The van der Waals surface area contributed by atoms with Gasteiger partial charge in [-0.1, -0.05) is 42.5 Å². The van der Waals surface area contributed by atoms with Crippen LogP contribution in [0.3, 0.4) is 0 Å². The Morgan fingerprint density at radius 3 is 2.35 bits per heavy atom. The average molecular weight is 332 g/mol. The Bertz CT molecular complexity index is 630. The number of piperidine rings is 1. The predicted molar refractivity (Wildman–Crippen MR) is 96.9 cm³/mol. The van der Waals surface area contributed by atoms with Gasteiger partial charge in [0.2, 0.25) is 0 Å². The maximum atomic E-state index is 12.2. The first kappa shape index (κ1) is 17.3. The molecule has 0 spiro atoms. The van der Waals surface area contributed by atoms with Crippen LogP contribution in [0.4, 0.5) is 10.5 Å². The van der Waals surface area contributed by atoms with Crippen LogP contribution < -0.4 is 11.1 Å². The van der Waals surface area contributed by atoms with Gasteiger partial charge in [0, 0.05) is 24.8 Å². The molecule has 0 radical (unpaired) electrons. The van der Waals surface area contributed by atoms with Crippen LogP contribution in [-0.4, -0.2) is 30.1 Å². The van der Waals surface area contributed by atoms with Crippen LogP contribution in [-0.2, 0) is 0 Å². The van der Waals surface area contributed by atoms with Crippen molar-refractivity contribution in [1.29, 1.82) is 0 Å². The minimum Gasteiger partial charge on any atom is -0.326 e. The molecular weight excluding hydrogens is 310 g/mol. The van der Waals surface area contributed by atoms with Gasteiger partial charge in [-0.25, -0.2) is 4.79 Å². The first-order valence-electron chi connectivity index (χ1n) is 7.69. The minimum absolute atomic E-state index is 0. The molecule has 1 fully saturated rings. The van der Waals surface area contributed by atoms with Gasteiger partial charge in [-0.3, -0.25) is 0 Å². The highest BCUT2D eigenvalue weighted by molar-refractivity contribution is 5.89. The molecule has 122 valence electrons. The Morgan fingerprint density at radius 1 is 1.04 bits per heavy atom. The van der Waals surface area contributed by atoms with Crippen molar-refractivity contribution in [3.63, 3.8) is 0 Å². The van der Waals surface area contributed by atoms with Crippen molar-refractivity contribution < 1.29 is 4.79 Å². The Morgan fingerprint density at radius 2 is 1.70 bits per heavy atom. The molecule has 1 aliphatic rings. The van der Waals surface area contributed by atoms with Gasteiger partial charge in [0.1, 0.15) is 0 Å². The fourth-order valence-corrected chi connectivity index (χ4v) is 2.77. The first-order valence-corrected chi connectivity index (χ1v) is 7.69. The van der Waals surface area contributed by atoms with E-state index in [1.165, 1.54) is 5.56 Å². The van der Waals surface area contributed by atoms with Crippen molar-refractivity contribution in [2.24, 2.45) is 5.73 Å². The number of urea groups is 1. The zero-order chi connectivity index (χ0) is 15.4. The molecule has 0 aliphatic carbocycles. The topological polar surface area (TPSA) is 58.4 Å². The summed E-state index contributed by atoms with van der Waals surface area (Å²) in [6.07, 6.45) is 1.97. The molecule has 5 heteroatoms. The average Bonchev–Trinajstić information content (AvgIpc) is 2.56. The van der Waals surface area contributed by atoms with Gasteiger partial charge in [0.05, 0.1) is 0 Å². The molecule has 2 amide bonds. The van der Waals surface area contributed by atoms with Crippen LogP contribution >= 0.6 is 12.4 Å². The second kappa shape index (κ2) is 7.99. The van der Waals surface area contributed by atoms with E-state index in [1.807, 2.05) is 42.5 Å². The molecule has 2 aromatic carbocycles. The molecule has 4 nitrogen and oxygen atoms in total. The molecule has 1 aliphatic heterocycles. The standard InChI is InChI=1S/C18H21N3O.ClH/c19-16-7-4-12-21(13-16)18(22)20-17-10-8-15(9-11-17)14-5-2-1-3-6-14;/h1-3,5-6,8-11,16H,4,7,12-13,19H2,(H,20,22);1H. The van der Waals surface area contributed by atoms with Crippen molar-refractivity contribution in [2.75, 3.05) is 18.4 Å². The number of hydrogen-bond donors (Lipinski definition) is 2. The summed E-state index contributed by atoms with van der Waals surface area (Å²) in [7, 11) is 0. The third kappa shape index (κ3) is 4.47. The quantitative estimate of drug-likeness (QED) is 0.881. The third-order valence-electron chi connectivity index (χ3n) is 3.99. The zero-order valence-electron chi connectivity index (χ0n) is 12.9. The Labute approximate surface area is 143 Å². The number of amides is 2. The van der Waals surface area contributed by atoms with Gasteiger partial charge in [0.15, 0.2) is 0 Å². The van der Waals surface area contributed by atoms with Crippen molar-refractivity contribution in [3.8, 4) is 11.1 Å². The van der Waals surface area contributed by atoms with Gasteiger partial charge in [-0.2, -0.15) is 0 Å². The Balaban J connectivity index is 0.00000192. The minimum atomic E-state index is -0.0670. The number of nitrogens with zero attached hydrogens (tertiary/aromatic N) is 1. The molecular formula is C18H22ClN3O. The summed E-state index contributed by atoms with van der Waals surface area (Å²) >= 11 is 0. The van der Waals surface area contributed by atoms with Gasteiger partial charge < -0.3 is 16.0 Å². The van der Waals surface area contributed by atoms with Crippen LogP contribution in [0.25, 0.3) is 11.1 Å². The molecule has 1 heterocycles. The highest BCUT2D eigenvalue weighted by atomic mass is 35.5. The normalized spacial score (nSPS) is 17.3. The molecule has 0 bridgehead atoms. The molecule has 1 unspecified atom stereocenters. The lowest BCUT2D eigenvalue weighted by molar-refractivity contribution is 0.193. The second-order valence-electron chi connectivity index (χ2n) is 5.72.